The summed E-state index contributed by atoms with van der Waals surface area (Å²) in [5.74, 6) is 0.678. The standard InChI is InChI=1S/C12H25NO2/c1-4-6-13-12(10(3)5-2)9-15-11-7-14-8-11/h10-13H,4-9H2,1-3H3. The molecule has 2 unspecified atom stereocenters. The van der Waals surface area contributed by atoms with Crippen LogP contribution in [-0.2, 0) is 9.47 Å². The Hall–Kier alpha value is -0.120. The van der Waals surface area contributed by atoms with Gasteiger partial charge < -0.3 is 14.8 Å². The molecule has 2 atom stereocenters. The highest BCUT2D eigenvalue weighted by Crippen LogP contribution is 2.11. The van der Waals surface area contributed by atoms with E-state index in [4.69, 9.17) is 9.47 Å². The largest absolute Gasteiger partial charge is 0.376 e. The summed E-state index contributed by atoms with van der Waals surface area (Å²) in [7, 11) is 0. The van der Waals surface area contributed by atoms with E-state index in [1.54, 1.807) is 0 Å². The van der Waals surface area contributed by atoms with Crippen molar-refractivity contribution in [1.82, 2.24) is 5.32 Å². The minimum absolute atomic E-state index is 0.347. The van der Waals surface area contributed by atoms with Gasteiger partial charge in [-0.3, -0.25) is 0 Å². The molecule has 1 rings (SSSR count). The van der Waals surface area contributed by atoms with Crippen LogP contribution in [0.4, 0.5) is 0 Å². The third-order valence-electron chi connectivity index (χ3n) is 3.11. The average Bonchev–Trinajstić information content (AvgIpc) is 2.19. The molecule has 1 saturated heterocycles. The molecule has 0 saturated carbocycles. The van der Waals surface area contributed by atoms with E-state index in [1.165, 1.54) is 12.8 Å². The fraction of sp³-hybridized carbons (Fsp3) is 1.00. The summed E-state index contributed by atoms with van der Waals surface area (Å²) in [5.41, 5.74) is 0. The Bertz CT molecular complexity index is 160. The molecule has 3 heteroatoms. The molecule has 0 radical (unpaired) electrons. The molecule has 1 fully saturated rings. The summed E-state index contributed by atoms with van der Waals surface area (Å²) in [6, 6.07) is 0.496. The molecule has 1 aliphatic heterocycles. The van der Waals surface area contributed by atoms with Crippen molar-refractivity contribution in [3.8, 4) is 0 Å². The van der Waals surface area contributed by atoms with Crippen molar-refractivity contribution in [1.29, 1.82) is 0 Å². The first-order valence-corrected chi connectivity index (χ1v) is 6.20. The van der Waals surface area contributed by atoms with E-state index in [-0.39, 0.29) is 0 Å². The molecule has 0 aromatic heterocycles. The van der Waals surface area contributed by atoms with Crippen molar-refractivity contribution in [3.05, 3.63) is 0 Å². The van der Waals surface area contributed by atoms with Crippen molar-refractivity contribution >= 4 is 0 Å². The van der Waals surface area contributed by atoms with Gasteiger partial charge in [0.2, 0.25) is 0 Å². The molecule has 1 N–H and O–H groups in total. The highest BCUT2D eigenvalue weighted by molar-refractivity contribution is 4.74. The Kier molecular flexibility index (Phi) is 6.22. The Morgan fingerprint density at radius 2 is 2.13 bits per heavy atom. The topological polar surface area (TPSA) is 30.5 Å². The normalized spacial score (nSPS) is 21.0. The van der Waals surface area contributed by atoms with Crippen molar-refractivity contribution in [3.63, 3.8) is 0 Å². The number of ether oxygens (including phenoxy) is 2. The van der Waals surface area contributed by atoms with Crippen molar-refractivity contribution in [2.45, 2.75) is 45.8 Å². The van der Waals surface area contributed by atoms with Crippen LogP contribution in [0.2, 0.25) is 0 Å². The number of nitrogens with one attached hydrogen (secondary N) is 1. The minimum Gasteiger partial charge on any atom is -0.376 e. The molecule has 0 aliphatic carbocycles. The van der Waals surface area contributed by atoms with Crippen LogP contribution in [0.3, 0.4) is 0 Å². The van der Waals surface area contributed by atoms with E-state index >= 15 is 0 Å². The quantitative estimate of drug-likeness (QED) is 0.670. The summed E-state index contributed by atoms with van der Waals surface area (Å²) in [5, 5.41) is 3.56. The summed E-state index contributed by atoms with van der Waals surface area (Å²) < 4.78 is 10.9. The fourth-order valence-electron chi connectivity index (χ4n) is 1.59. The molecule has 1 heterocycles. The van der Waals surface area contributed by atoms with Gasteiger partial charge in [0, 0.05) is 6.04 Å². The molecule has 1 aliphatic rings. The first kappa shape index (κ1) is 12.9. The first-order chi connectivity index (χ1) is 7.27. The SMILES string of the molecule is CCCNC(COC1COC1)C(C)CC. The monoisotopic (exact) mass is 215 g/mol. The van der Waals surface area contributed by atoms with E-state index in [1.807, 2.05) is 0 Å². The lowest BCUT2D eigenvalue weighted by Gasteiger charge is -2.30. The summed E-state index contributed by atoms with van der Waals surface area (Å²) in [6.45, 7) is 10.2. The van der Waals surface area contributed by atoms with Crippen LogP contribution < -0.4 is 5.32 Å². The molecule has 0 spiro atoms. The van der Waals surface area contributed by atoms with Crippen LogP contribution in [0.5, 0.6) is 0 Å². The van der Waals surface area contributed by atoms with Crippen LogP contribution in [0.15, 0.2) is 0 Å². The lowest BCUT2D eigenvalue weighted by atomic mass is 10.00. The van der Waals surface area contributed by atoms with Crippen LogP contribution in [0.25, 0.3) is 0 Å². The van der Waals surface area contributed by atoms with Gasteiger partial charge in [0.1, 0.15) is 6.10 Å². The summed E-state index contributed by atoms with van der Waals surface area (Å²) >= 11 is 0. The van der Waals surface area contributed by atoms with Gasteiger partial charge in [0.25, 0.3) is 0 Å². The number of hydrogen-bond donors (Lipinski definition) is 1. The fourth-order valence-corrected chi connectivity index (χ4v) is 1.59. The Balaban J connectivity index is 2.20. The molecule has 90 valence electrons. The van der Waals surface area contributed by atoms with E-state index in [0.29, 0.717) is 18.1 Å². The molecule has 0 bridgehead atoms. The predicted molar refractivity (Wildman–Crippen MR) is 62.1 cm³/mol. The summed E-state index contributed by atoms with van der Waals surface area (Å²) in [6.07, 6.45) is 2.73. The second kappa shape index (κ2) is 7.20. The number of hydrogen-bond acceptors (Lipinski definition) is 3. The van der Waals surface area contributed by atoms with Gasteiger partial charge in [-0.25, -0.2) is 0 Å². The lowest BCUT2D eigenvalue weighted by Crippen LogP contribution is -2.44. The Morgan fingerprint density at radius 1 is 1.40 bits per heavy atom. The predicted octanol–water partition coefficient (Wildman–Crippen LogP) is 1.82. The van der Waals surface area contributed by atoms with Crippen molar-refractivity contribution < 1.29 is 9.47 Å². The number of rotatable bonds is 8. The van der Waals surface area contributed by atoms with Gasteiger partial charge in [-0.1, -0.05) is 27.2 Å². The van der Waals surface area contributed by atoms with Crippen molar-refractivity contribution in [2.75, 3.05) is 26.4 Å². The lowest BCUT2D eigenvalue weighted by molar-refractivity contribution is -0.134. The Morgan fingerprint density at radius 3 is 2.60 bits per heavy atom. The zero-order valence-electron chi connectivity index (χ0n) is 10.3. The molecular formula is C12H25NO2. The van der Waals surface area contributed by atoms with Gasteiger partial charge in [0.15, 0.2) is 0 Å². The third kappa shape index (κ3) is 4.49. The highest BCUT2D eigenvalue weighted by atomic mass is 16.6. The van der Waals surface area contributed by atoms with Crippen LogP contribution in [0.1, 0.15) is 33.6 Å². The maximum absolute atomic E-state index is 5.77. The molecule has 15 heavy (non-hydrogen) atoms. The molecule has 0 aromatic rings. The smallest absolute Gasteiger partial charge is 0.104 e. The Labute approximate surface area is 93.5 Å². The van der Waals surface area contributed by atoms with Crippen molar-refractivity contribution in [2.24, 2.45) is 5.92 Å². The second-order valence-corrected chi connectivity index (χ2v) is 4.44. The maximum Gasteiger partial charge on any atom is 0.104 e. The second-order valence-electron chi connectivity index (χ2n) is 4.44. The van der Waals surface area contributed by atoms with E-state index in [0.717, 1.165) is 26.4 Å². The van der Waals surface area contributed by atoms with E-state index in [9.17, 15) is 0 Å². The van der Waals surface area contributed by atoms with Crippen LogP contribution >= 0.6 is 0 Å². The maximum atomic E-state index is 5.77. The van der Waals surface area contributed by atoms with E-state index in [2.05, 4.69) is 26.1 Å². The highest BCUT2D eigenvalue weighted by Gasteiger charge is 2.22. The zero-order valence-corrected chi connectivity index (χ0v) is 10.3. The zero-order chi connectivity index (χ0) is 11.1. The summed E-state index contributed by atoms with van der Waals surface area (Å²) in [4.78, 5) is 0. The average molecular weight is 215 g/mol. The van der Waals surface area contributed by atoms with Crippen LogP contribution in [-0.4, -0.2) is 38.5 Å². The van der Waals surface area contributed by atoms with Crippen LogP contribution in [0, 0.1) is 5.92 Å². The minimum atomic E-state index is 0.347. The molecule has 0 aromatic carbocycles. The molecular weight excluding hydrogens is 190 g/mol. The van der Waals surface area contributed by atoms with Gasteiger partial charge in [-0.05, 0) is 18.9 Å². The first-order valence-electron chi connectivity index (χ1n) is 6.20. The molecule has 0 amide bonds. The van der Waals surface area contributed by atoms with E-state index < -0.39 is 0 Å². The van der Waals surface area contributed by atoms with Gasteiger partial charge in [0.05, 0.1) is 19.8 Å². The van der Waals surface area contributed by atoms with Gasteiger partial charge in [-0.15, -0.1) is 0 Å². The third-order valence-corrected chi connectivity index (χ3v) is 3.11. The van der Waals surface area contributed by atoms with Gasteiger partial charge >= 0.3 is 0 Å². The molecule has 3 nitrogen and oxygen atoms in total. The van der Waals surface area contributed by atoms with Gasteiger partial charge in [-0.2, -0.15) is 0 Å².